The molecular weight excluding hydrogens is 226 g/mol. The van der Waals surface area contributed by atoms with Crippen LogP contribution in [0.25, 0.3) is 0 Å². The summed E-state index contributed by atoms with van der Waals surface area (Å²) in [4.78, 5) is 0. The molecule has 110 valence electrons. The summed E-state index contributed by atoms with van der Waals surface area (Å²) in [5, 5.41) is 10.2. The van der Waals surface area contributed by atoms with Gasteiger partial charge in [0.1, 0.15) is 0 Å². The van der Waals surface area contributed by atoms with Gasteiger partial charge in [-0.15, -0.1) is 0 Å². The zero-order chi connectivity index (χ0) is 14.6. The Morgan fingerprint density at radius 1 is 1.00 bits per heavy atom. The summed E-state index contributed by atoms with van der Waals surface area (Å²) in [5.74, 6) is 0.260. The third kappa shape index (κ3) is 8.06. The van der Waals surface area contributed by atoms with Gasteiger partial charge in [-0.25, -0.2) is 0 Å². The summed E-state index contributed by atoms with van der Waals surface area (Å²) in [7, 11) is 0. The summed E-state index contributed by atoms with van der Waals surface area (Å²) in [6, 6.07) is 0. The largest absolute Gasteiger partial charge is 0.390 e. The van der Waals surface area contributed by atoms with Crippen LogP contribution in [0.3, 0.4) is 0 Å². The molecule has 1 atom stereocenters. The normalized spacial score (nSPS) is 17.0. The predicted molar refractivity (Wildman–Crippen MR) is 77.6 cm³/mol. The van der Waals surface area contributed by atoms with E-state index >= 15 is 0 Å². The zero-order valence-corrected chi connectivity index (χ0v) is 13.3. The van der Waals surface area contributed by atoms with Gasteiger partial charge in [-0.2, -0.15) is 0 Å². The highest BCUT2D eigenvalue weighted by Gasteiger charge is 2.29. The number of hydrogen-bond acceptors (Lipinski definition) is 3. The minimum atomic E-state index is -0.617. The van der Waals surface area contributed by atoms with E-state index in [4.69, 9.17) is 10.5 Å². The van der Waals surface area contributed by atoms with E-state index in [-0.39, 0.29) is 17.1 Å². The molecule has 0 radical (unpaired) electrons. The van der Waals surface area contributed by atoms with Crippen molar-refractivity contribution in [2.75, 3.05) is 6.61 Å². The number of ether oxygens (including phenoxy) is 1. The standard InChI is InChI=1S/C15H33NO2/c1-12(2)15(7,17)9-8-14(5,6)18-11-10-13(3,4)16/h12,17H,8-11,16H2,1-7H3. The molecule has 0 aliphatic rings. The first-order chi connectivity index (χ1) is 7.86. The average molecular weight is 259 g/mol. The molecule has 0 spiro atoms. The maximum atomic E-state index is 10.2. The number of nitrogens with two attached hydrogens (primary N) is 1. The molecule has 0 aromatic heterocycles. The first-order valence-corrected chi connectivity index (χ1v) is 7.01. The van der Waals surface area contributed by atoms with Crippen molar-refractivity contribution in [3.63, 3.8) is 0 Å². The van der Waals surface area contributed by atoms with Gasteiger partial charge in [-0.3, -0.25) is 0 Å². The highest BCUT2D eigenvalue weighted by molar-refractivity contribution is 4.81. The van der Waals surface area contributed by atoms with Crippen molar-refractivity contribution >= 4 is 0 Å². The topological polar surface area (TPSA) is 55.5 Å². The molecule has 0 saturated heterocycles. The first kappa shape index (κ1) is 17.9. The van der Waals surface area contributed by atoms with Gasteiger partial charge < -0.3 is 15.6 Å². The second-order valence-corrected chi connectivity index (χ2v) is 7.36. The Bertz CT molecular complexity index is 239. The van der Waals surface area contributed by atoms with Crippen molar-refractivity contribution in [1.29, 1.82) is 0 Å². The fraction of sp³-hybridized carbons (Fsp3) is 1.00. The van der Waals surface area contributed by atoms with E-state index in [9.17, 15) is 5.11 Å². The molecule has 0 bridgehead atoms. The van der Waals surface area contributed by atoms with Gasteiger partial charge >= 0.3 is 0 Å². The van der Waals surface area contributed by atoms with Crippen molar-refractivity contribution < 1.29 is 9.84 Å². The van der Waals surface area contributed by atoms with Crippen LogP contribution < -0.4 is 5.73 Å². The van der Waals surface area contributed by atoms with E-state index in [2.05, 4.69) is 13.8 Å². The predicted octanol–water partition coefficient (Wildman–Crippen LogP) is 3.10. The minimum Gasteiger partial charge on any atom is -0.390 e. The van der Waals surface area contributed by atoms with Gasteiger partial charge in [-0.05, 0) is 59.8 Å². The molecule has 0 aromatic rings. The van der Waals surface area contributed by atoms with Crippen LogP contribution >= 0.6 is 0 Å². The molecule has 0 amide bonds. The quantitative estimate of drug-likeness (QED) is 0.704. The Balaban J connectivity index is 4.08. The highest BCUT2D eigenvalue weighted by Crippen LogP contribution is 2.27. The summed E-state index contributed by atoms with van der Waals surface area (Å²) in [5.41, 5.74) is 4.93. The van der Waals surface area contributed by atoms with Gasteiger partial charge in [-0.1, -0.05) is 13.8 Å². The van der Waals surface area contributed by atoms with Crippen LogP contribution in [-0.2, 0) is 4.74 Å². The summed E-state index contributed by atoms with van der Waals surface area (Å²) < 4.78 is 5.89. The van der Waals surface area contributed by atoms with Crippen LogP contribution in [0, 0.1) is 5.92 Å². The molecule has 0 aromatic carbocycles. The lowest BCUT2D eigenvalue weighted by Crippen LogP contribution is -2.37. The second-order valence-electron chi connectivity index (χ2n) is 7.36. The molecule has 18 heavy (non-hydrogen) atoms. The molecule has 0 rings (SSSR count). The zero-order valence-electron chi connectivity index (χ0n) is 13.3. The van der Waals surface area contributed by atoms with Crippen molar-refractivity contribution in [1.82, 2.24) is 0 Å². The van der Waals surface area contributed by atoms with Gasteiger partial charge in [0.15, 0.2) is 0 Å². The lowest BCUT2D eigenvalue weighted by Gasteiger charge is -2.33. The third-order valence-corrected chi connectivity index (χ3v) is 3.72. The molecule has 0 heterocycles. The molecule has 0 fully saturated rings. The van der Waals surface area contributed by atoms with Crippen LogP contribution in [0.4, 0.5) is 0 Å². The molecular formula is C15H33NO2. The SMILES string of the molecule is CC(C)C(C)(O)CCC(C)(C)OCCC(C)(C)N. The van der Waals surface area contributed by atoms with Crippen molar-refractivity contribution in [2.24, 2.45) is 11.7 Å². The van der Waals surface area contributed by atoms with E-state index in [0.717, 1.165) is 19.3 Å². The molecule has 1 unspecified atom stereocenters. The van der Waals surface area contributed by atoms with Crippen LogP contribution in [0.2, 0.25) is 0 Å². The van der Waals surface area contributed by atoms with Gasteiger partial charge in [0.05, 0.1) is 11.2 Å². The summed E-state index contributed by atoms with van der Waals surface area (Å²) >= 11 is 0. The monoisotopic (exact) mass is 259 g/mol. The van der Waals surface area contributed by atoms with Crippen LogP contribution in [0.5, 0.6) is 0 Å². The van der Waals surface area contributed by atoms with E-state index in [1.165, 1.54) is 0 Å². The first-order valence-electron chi connectivity index (χ1n) is 7.01. The van der Waals surface area contributed by atoms with Crippen molar-refractivity contribution in [2.45, 2.75) is 84.5 Å². The second kappa shape index (κ2) is 6.36. The van der Waals surface area contributed by atoms with Crippen LogP contribution in [-0.4, -0.2) is 28.5 Å². The van der Waals surface area contributed by atoms with Gasteiger partial charge in [0.25, 0.3) is 0 Å². The van der Waals surface area contributed by atoms with Crippen LogP contribution in [0.1, 0.15) is 67.7 Å². The van der Waals surface area contributed by atoms with E-state index in [1.54, 1.807) is 0 Å². The van der Waals surface area contributed by atoms with Crippen molar-refractivity contribution in [3.8, 4) is 0 Å². The molecule has 0 aliphatic heterocycles. The lowest BCUT2D eigenvalue weighted by molar-refractivity contribution is -0.0594. The number of aliphatic hydroxyl groups is 1. The summed E-state index contributed by atoms with van der Waals surface area (Å²) in [6.07, 6.45) is 2.45. The molecule has 3 heteroatoms. The molecule has 3 N–H and O–H groups in total. The highest BCUT2D eigenvalue weighted by atomic mass is 16.5. The van der Waals surface area contributed by atoms with E-state index in [1.807, 2.05) is 34.6 Å². The Morgan fingerprint density at radius 3 is 1.89 bits per heavy atom. The van der Waals surface area contributed by atoms with E-state index < -0.39 is 5.60 Å². The summed E-state index contributed by atoms with van der Waals surface area (Å²) in [6.45, 7) is 14.8. The molecule has 0 saturated carbocycles. The Kier molecular flexibility index (Phi) is 6.31. The Morgan fingerprint density at radius 2 is 1.50 bits per heavy atom. The van der Waals surface area contributed by atoms with E-state index in [0.29, 0.717) is 6.61 Å². The minimum absolute atomic E-state index is 0.181. The van der Waals surface area contributed by atoms with Crippen LogP contribution in [0.15, 0.2) is 0 Å². The maximum absolute atomic E-state index is 10.2. The smallest absolute Gasteiger partial charge is 0.0643 e. The lowest BCUT2D eigenvalue weighted by atomic mass is 9.84. The third-order valence-electron chi connectivity index (χ3n) is 3.72. The Labute approximate surface area is 113 Å². The van der Waals surface area contributed by atoms with Gasteiger partial charge in [0.2, 0.25) is 0 Å². The Hall–Kier alpha value is -0.120. The maximum Gasteiger partial charge on any atom is 0.0643 e. The number of hydrogen-bond donors (Lipinski definition) is 2. The fourth-order valence-electron chi connectivity index (χ4n) is 1.51. The fourth-order valence-corrected chi connectivity index (χ4v) is 1.51. The average Bonchev–Trinajstić information content (AvgIpc) is 2.12. The molecule has 0 aliphatic carbocycles. The van der Waals surface area contributed by atoms with Gasteiger partial charge in [0, 0.05) is 12.1 Å². The van der Waals surface area contributed by atoms with Crippen molar-refractivity contribution in [3.05, 3.63) is 0 Å². The number of rotatable bonds is 8. The molecule has 3 nitrogen and oxygen atoms in total.